The van der Waals surface area contributed by atoms with Gasteiger partial charge in [-0.25, -0.2) is 0 Å². The van der Waals surface area contributed by atoms with Gasteiger partial charge in [0.05, 0.1) is 6.04 Å². The first-order chi connectivity index (χ1) is 9.11. The van der Waals surface area contributed by atoms with E-state index in [1.54, 1.807) is 6.92 Å². The van der Waals surface area contributed by atoms with Crippen molar-refractivity contribution in [3.05, 3.63) is 35.9 Å². The first-order valence-electron chi connectivity index (χ1n) is 7.19. The highest BCUT2D eigenvalue weighted by molar-refractivity contribution is 5.80. The minimum Gasteiger partial charge on any atom is -0.354 e. The minimum atomic E-state index is -0.421. The number of benzene rings is 1. The Bertz CT molecular complexity index is 408. The Kier molecular flexibility index (Phi) is 4.59. The maximum absolute atomic E-state index is 11.7. The van der Waals surface area contributed by atoms with E-state index in [4.69, 9.17) is 5.73 Å². The van der Waals surface area contributed by atoms with Crippen molar-refractivity contribution in [2.75, 3.05) is 6.54 Å². The molecule has 3 heteroatoms. The Labute approximate surface area is 115 Å². The third-order valence-electron chi connectivity index (χ3n) is 4.14. The largest absolute Gasteiger partial charge is 0.354 e. The lowest BCUT2D eigenvalue weighted by atomic mass is 9.80. The van der Waals surface area contributed by atoms with Crippen LogP contribution in [0.25, 0.3) is 0 Å². The molecule has 1 amide bonds. The van der Waals surface area contributed by atoms with E-state index >= 15 is 0 Å². The first-order valence-corrected chi connectivity index (χ1v) is 7.19. The lowest BCUT2D eigenvalue weighted by Gasteiger charge is -2.30. The van der Waals surface area contributed by atoms with E-state index < -0.39 is 6.04 Å². The van der Waals surface area contributed by atoms with Gasteiger partial charge in [0.1, 0.15) is 0 Å². The number of hydrogen-bond donors (Lipinski definition) is 2. The van der Waals surface area contributed by atoms with Crippen LogP contribution in [0.4, 0.5) is 0 Å². The first kappa shape index (κ1) is 14.1. The van der Waals surface area contributed by atoms with E-state index in [-0.39, 0.29) is 11.3 Å². The summed E-state index contributed by atoms with van der Waals surface area (Å²) in [6, 6.07) is 10.1. The highest BCUT2D eigenvalue weighted by Crippen LogP contribution is 2.40. The molecule has 3 nitrogen and oxygen atoms in total. The van der Waals surface area contributed by atoms with Crippen molar-refractivity contribution in [3.63, 3.8) is 0 Å². The molecule has 2 rings (SSSR count). The van der Waals surface area contributed by atoms with Crippen molar-refractivity contribution in [2.45, 2.75) is 45.1 Å². The van der Waals surface area contributed by atoms with Crippen LogP contribution in [0.3, 0.4) is 0 Å². The fourth-order valence-electron chi connectivity index (χ4n) is 3.01. The molecule has 0 radical (unpaired) electrons. The molecule has 1 fully saturated rings. The molecule has 0 aliphatic heterocycles. The second-order valence-electron chi connectivity index (χ2n) is 5.88. The average Bonchev–Trinajstić information content (AvgIpc) is 2.86. The van der Waals surface area contributed by atoms with Crippen LogP contribution in [0.1, 0.15) is 38.2 Å². The van der Waals surface area contributed by atoms with Gasteiger partial charge >= 0.3 is 0 Å². The number of carbonyl (C=O) groups excluding carboxylic acids is 1. The maximum atomic E-state index is 11.7. The number of nitrogens with two attached hydrogens (primary N) is 1. The Balaban J connectivity index is 2.00. The van der Waals surface area contributed by atoms with Crippen molar-refractivity contribution in [3.8, 4) is 0 Å². The summed E-state index contributed by atoms with van der Waals surface area (Å²) in [6.45, 7) is 2.48. The van der Waals surface area contributed by atoms with E-state index in [9.17, 15) is 4.79 Å². The molecular formula is C16H24N2O. The van der Waals surface area contributed by atoms with Gasteiger partial charge in [-0.3, -0.25) is 4.79 Å². The monoisotopic (exact) mass is 260 g/mol. The smallest absolute Gasteiger partial charge is 0.236 e. The molecule has 1 aliphatic carbocycles. The molecule has 0 aromatic heterocycles. The van der Waals surface area contributed by atoms with Crippen LogP contribution < -0.4 is 11.1 Å². The van der Waals surface area contributed by atoms with E-state index in [0.717, 1.165) is 13.0 Å². The zero-order valence-corrected chi connectivity index (χ0v) is 11.7. The zero-order chi connectivity index (χ0) is 13.7. The standard InChI is InChI=1S/C16H24N2O/c1-13(17)15(19)18-12-16(9-5-6-10-16)11-14-7-3-2-4-8-14/h2-4,7-8,13H,5-6,9-12,17H2,1H3,(H,18,19)/t13-/m1/s1. The normalized spacial score (nSPS) is 19.1. The Morgan fingerprint density at radius 3 is 2.53 bits per heavy atom. The van der Waals surface area contributed by atoms with Gasteiger partial charge in [-0.15, -0.1) is 0 Å². The van der Waals surface area contributed by atoms with Crippen molar-refractivity contribution in [2.24, 2.45) is 11.1 Å². The van der Waals surface area contributed by atoms with Gasteiger partial charge in [0, 0.05) is 6.54 Å². The Hall–Kier alpha value is -1.35. The maximum Gasteiger partial charge on any atom is 0.236 e. The quantitative estimate of drug-likeness (QED) is 0.853. The summed E-state index contributed by atoms with van der Waals surface area (Å²) in [7, 11) is 0. The molecule has 104 valence electrons. The predicted molar refractivity (Wildman–Crippen MR) is 77.7 cm³/mol. The number of carbonyl (C=O) groups is 1. The van der Waals surface area contributed by atoms with E-state index in [1.807, 2.05) is 6.07 Å². The number of amides is 1. The van der Waals surface area contributed by atoms with Gasteiger partial charge in [0.15, 0.2) is 0 Å². The Morgan fingerprint density at radius 1 is 1.32 bits per heavy atom. The average molecular weight is 260 g/mol. The summed E-state index contributed by atoms with van der Waals surface area (Å²) in [5, 5.41) is 3.02. The molecule has 1 aromatic rings. The third kappa shape index (κ3) is 3.80. The molecule has 1 saturated carbocycles. The van der Waals surface area contributed by atoms with E-state index in [0.29, 0.717) is 0 Å². The van der Waals surface area contributed by atoms with Crippen LogP contribution >= 0.6 is 0 Å². The molecule has 0 saturated heterocycles. The topological polar surface area (TPSA) is 55.1 Å². The van der Waals surface area contributed by atoms with Gasteiger partial charge in [-0.2, -0.15) is 0 Å². The molecule has 3 N–H and O–H groups in total. The van der Waals surface area contributed by atoms with Gasteiger partial charge in [-0.1, -0.05) is 43.2 Å². The van der Waals surface area contributed by atoms with Crippen LogP contribution in [0, 0.1) is 5.41 Å². The highest BCUT2D eigenvalue weighted by atomic mass is 16.2. The molecular weight excluding hydrogens is 236 g/mol. The highest BCUT2D eigenvalue weighted by Gasteiger charge is 2.34. The van der Waals surface area contributed by atoms with Crippen molar-refractivity contribution < 1.29 is 4.79 Å². The fraction of sp³-hybridized carbons (Fsp3) is 0.562. The van der Waals surface area contributed by atoms with Crippen molar-refractivity contribution in [1.82, 2.24) is 5.32 Å². The molecule has 0 heterocycles. The van der Waals surface area contributed by atoms with Crippen LogP contribution in [0.15, 0.2) is 30.3 Å². The minimum absolute atomic E-state index is 0.0423. The zero-order valence-electron chi connectivity index (χ0n) is 11.7. The lowest BCUT2D eigenvalue weighted by Crippen LogP contribution is -2.44. The van der Waals surface area contributed by atoms with Gasteiger partial charge in [-0.05, 0) is 37.2 Å². The van der Waals surface area contributed by atoms with Crippen molar-refractivity contribution >= 4 is 5.91 Å². The molecule has 19 heavy (non-hydrogen) atoms. The summed E-state index contributed by atoms with van der Waals surface area (Å²) in [4.78, 5) is 11.7. The SMILES string of the molecule is C[C@@H](N)C(=O)NCC1(Cc2ccccc2)CCCC1. The molecule has 1 aromatic carbocycles. The molecule has 1 atom stereocenters. The van der Waals surface area contributed by atoms with Crippen LogP contribution in [-0.2, 0) is 11.2 Å². The Morgan fingerprint density at radius 2 is 1.95 bits per heavy atom. The van der Waals surface area contributed by atoms with Gasteiger partial charge in [0.2, 0.25) is 5.91 Å². The number of hydrogen-bond acceptors (Lipinski definition) is 2. The second-order valence-corrected chi connectivity index (χ2v) is 5.88. The van der Waals surface area contributed by atoms with Gasteiger partial charge < -0.3 is 11.1 Å². The summed E-state index contributed by atoms with van der Waals surface area (Å²) in [5.41, 5.74) is 7.19. The van der Waals surface area contributed by atoms with E-state index in [1.165, 1.54) is 31.2 Å². The van der Waals surface area contributed by atoms with Crippen LogP contribution in [0.2, 0.25) is 0 Å². The van der Waals surface area contributed by atoms with Crippen LogP contribution in [-0.4, -0.2) is 18.5 Å². The van der Waals surface area contributed by atoms with Crippen LogP contribution in [0.5, 0.6) is 0 Å². The number of rotatable bonds is 5. The third-order valence-corrected chi connectivity index (χ3v) is 4.14. The predicted octanol–water partition coefficient (Wildman–Crippen LogP) is 2.25. The van der Waals surface area contributed by atoms with Gasteiger partial charge in [0.25, 0.3) is 0 Å². The summed E-state index contributed by atoms with van der Waals surface area (Å²) >= 11 is 0. The lowest BCUT2D eigenvalue weighted by molar-refractivity contribution is -0.122. The molecule has 0 unspecified atom stereocenters. The molecule has 1 aliphatic rings. The fourth-order valence-corrected chi connectivity index (χ4v) is 3.01. The number of nitrogens with one attached hydrogen (secondary N) is 1. The van der Waals surface area contributed by atoms with Crippen molar-refractivity contribution in [1.29, 1.82) is 0 Å². The molecule has 0 spiro atoms. The summed E-state index contributed by atoms with van der Waals surface area (Å²) < 4.78 is 0. The van der Waals surface area contributed by atoms with E-state index in [2.05, 4.69) is 29.6 Å². The molecule has 0 bridgehead atoms. The summed E-state index contributed by atoms with van der Waals surface area (Å²) in [6.07, 6.45) is 5.97. The summed E-state index contributed by atoms with van der Waals surface area (Å²) in [5.74, 6) is -0.0423. The second kappa shape index (κ2) is 6.20.